The third-order valence-corrected chi connectivity index (χ3v) is 2.93. The molecule has 1 aromatic carbocycles. The molecule has 0 aliphatic carbocycles. The summed E-state index contributed by atoms with van der Waals surface area (Å²) in [4.78, 5) is 10.4. The number of hydrogen-bond acceptors (Lipinski definition) is 3. The number of thioether (sulfide) groups is 1. The van der Waals surface area contributed by atoms with E-state index in [2.05, 4.69) is 0 Å². The third kappa shape index (κ3) is 2.85. The zero-order valence-electron chi connectivity index (χ0n) is 7.07. The Balaban J connectivity index is 2.96. The van der Waals surface area contributed by atoms with Crippen LogP contribution in [0.2, 0.25) is 0 Å². The molecule has 0 amide bonds. The van der Waals surface area contributed by atoms with Crippen molar-refractivity contribution in [2.24, 2.45) is 0 Å². The third-order valence-electron chi connectivity index (χ3n) is 1.45. The summed E-state index contributed by atoms with van der Waals surface area (Å²) in [7, 11) is 0. The maximum absolute atomic E-state index is 12.7. The highest BCUT2D eigenvalue weighted by Crippen LogP contribution is 2.29. The van der Waals surface area contributed by atoms with Gasteiger partial charge in [-0.15, -0.1) is 23.4 Å². The normalized spacial score (nSPS) is 10.1. The fourth-order valence-electron chi connectivity index (χ4n) is 0.904. The maximum Gasteiger partial charge on any atom is 0.285 e. The van der Waals surface area contributed by atoms with Gasteiger partial charge >= 0.3 is 0 Å². The van der Waals surface area contributed by atoms with E-state index in [4.69, 9.17) is 11.6 Å². The van der Waals surface area contributed by atoms with Crippen LogP contribution < -0.4 is 0 Å². The maximum atomic E-state index is 12.7. The minimum absolute atomic E-state index is 0.208. The van der Waals surface area contributed by atoms with Crippen molar-refractivity contribution in [3.05, 3.63) is 34.1 Å². The van der Waals surface area contributed by atoms with Crippen LogP contribution in [0.3, 0.4) is 0 Å². The molecule has 0 unspecified atom stereocenters. The van der Waals surface area contributed by atoms with E-state index in [0.717, 1.165) is 6.07 Å². The lowest BCUT2D eigenvalue weighted by molar-refractivity contribution is -0.387. The second kappa shape index (κ2) is 5.17. The van der Waals surface area contributed by atoms with E-state index in [-0.39, 0.29) is 5.69 Å². The molecule has 0 fully saturated rings. The molecule has 14 heavy (non-hydrogen) atoms. The Morgan fingerprint density at radius 3 is 2.86 bits per heavy atom. The predicted octanol–water partition coefficient (Wildman–Crippen LogP) is 3.06. The smallest absolute Gasteiger partial charge is 0.258 e. The number of hydrogen-bond donors (Lipinski definition) is 0. The van der Waals surface area contributed by atoms with Crippen LogP contribution in [0.1, 0.15) is 0 Å². The van der Waals surface area contributed by atoms with Gasteiger partial charge in [0.15, 0.2) is 0 Å². The molecular formula is C8H7ClFNO2S. The monoisotopic (exact) mass is 235 g/mol. The topological polar surface area (TPSA) is 43.1 Å². The van der Waals surface area contributed by atoms with Gasteiger partial charge in [0.2, 0.25) is 0 Å². The van der Waals surface area contributed by atoms with Crippen LogP contribution in [-0.2, 0) is 0 Å². The van der Waals surface area contributed by atoms with E-state index in [1.54, 1.807) is 0 Å². The largest absolute Gasteiger partial charge is 0.285 e. The van der Waals surface area contributed by atoms with E-state index in [9.17, 15) is 14.5 Å². The van der Waals surface area contributed by atoms with Gasteiger partial charge in [-0.25, -0.2) is 4.39 Å². The van der Waals surface area contributed by atoms with Crippen molar-refractivity contribution < 1.29 is 9.31 Å². The van der Waals surface area contributed by atoms with Gasteiger partial charge in [0, 0.05) is 11.6 Å². The van der Waals surface area contributed by atoms with Crippen molar-refractivity contribution in [1.29, 1.82) is 0 Å². The van der Waals surface area contributed by atoms with Crippen molar-refractivity contribution in [2.45, 2.75) is 4.90 Å². The van der Waals surface area contributed by atoms with Gasteiger partial charge < -0.3 is 0 Å². The predicted molar refractivity (Wildman–Crippen MR) is 54.5 cm³/mol. The van der Waals surface area contributed by atoms with Crippen molar-refractivity contribution in [1.82, 2.24) is 0 Å². The second-order valence-corrected chi connectivity index (χ2v) is 3.92. The summed E-state index contributed by atoms with van der Waals surface area (Å²) in [6, 6.07) is 3.50. The molecule has 76 valence electrons. The molecule has 0 spiro atoms. The number of nitro groups is 1. The van der Waals surface area contributed by atoms with Gasteiger partial charge in [-0.05, 0) is 12.1 Å². The lowest BCUT2D eigenvalue weighted by atomic mass is 10.3. The number of alkyl halides is 1. The summed E-state index contributed by atoms with van der Waals surface area (Å²) in [5.41, 5.74) is -0.208. The van der Waals surface area contributed by atoms with Crippen LogP contribution >= 0.6 is 23.4 Å². The van der Waals surface area contributed by atoms with Crippen LogP contribution in [0.15, 0.2) is 23.1 Å². The molecule has 0 aromatic heterocycles. The van der Waals surface area contributed by atoms with Gasteiger partial charge in [-0.3, -0.25) is 10.1 Å². The van der Waals surface area contributed by atoms with E-state index < -0.39 is 10.7 Å². The minimum atomic E-state index is -0.605. The first kappa shape index (κ1) is 11.3. The van der Waals surface area contributed by atoms with Crippen LogP contribution in [0.4, 0.5) is 10.1 Å². The molecule has 3 nitrogen and oxygen atoms in total. The highest BCUT2D eigenvalue weighted by Gasteiger charge is 2.14. The standard InChI is InChI=1S/C8H7ClFNO2S/c9-3-4-14-8-2-1-6(10)5-7(8)11(12)13/h1-2,5H,3-4H2. The quantitative estimate of drug-likeness (QED) is 0.349. The average molecular weight is 236 g/mol. The summed E-state index contributed by atoms with van der Waals surface area (Å²) in [6.45, 7) is 0. The fourth-order valence-corrected chi connectivity index (χ4v) is 1.88. The van der Waals surface area contributed by atoms with Gasteiger partial charge in [0.1, 0.15) is 5.82 Å². The SMILES string of the molecule is O=[N+]([O-])c1cc(F)ccc1SCCCl. The molecule has 0 bridgehead atoms. The summed E-state index contributed by atoms with van der Waals surface area (Å²) in [6.07, 6.45) is 0. The first-order valence-corrected chi connectivity index (χ1v) is 5.30. The minimum Gasteiger partial charge on any atom is -0.258 e. The van der Waals surface area contributed by atoms with Crippen LogP contribution in [-0.4, -0.2) is 16.6 Å². The Morgan fingerprint density at radius 2 is 2.29 bits per heavy atom. The van der Waals surface area contributed by atoms with Crippen LogP contribution in [0.25, 0.3) is 0 Å². The van der Waals surface area contributed by atoms with Crippen molar-refractivity contribution in [2.75, 3.05) is 11.6 Å². The van der Waals surface area contributed by atoms with Gasteiger partial charge in [-0.1, -0.05) is 0 Å². The first-order valence-electron chi connectivity index (χ1n) is 3.78. The molecular weight excluding hydrogens is 229 g/mol. The Bertz CT molecular complexity index is 348. The Kier molecular flexibility index (Phi) is 4.16. The molecule has 6 heteroatoms. The van der Waals surface area contributed by atoms with E-state index in [0.29, 0.717) is 16.5 Å². The van der Waals surface area contributed by atoms with Crippen LogP contribution in [0.5, 0.6) is 0 Å². The van der Waals surface area contributed by atoms with E-state index in [1.165, 1.54) is 23.9 Å². The Labute approximate surface area is 89.4 Å². The Hall–Kier alpha value is -0.810. The van der Waals surface area contributed by atoms with Crippen molar-refractivity contribution in [3.63, 3.8) is 0 Å². The highest BCUT2D eigenvalue weighted by atomic mass is 35.5. The number of benzene rings is 1. The average Bonchev–Trinajstić information content (AvgIpc) is 2.15. The van der Waals surface area contributed by atoms with Crippen molar-refractivity contribution in [3.8, 4) is 0 Å². The van der Waals surface area contributed by atoms with Crippen LogP contribution in [0, 0.1) is 15.9 Å². The molecule has 0 atom stereocenters. The molecule has 1 aromatic rings. The second-order valence-electron chi connectivity index (χ2n) is 2.41. The molecule has 0 heterocycles. The first-order chi connectivity index (χ1) is 6.65. The van der Waals surface area contributed by atoms with Gasteiger partial charge in [0.05, 0.1) is 15.9 Å². The number of rotatable bonds is 4. The van der Waals surface area contributed by atoms with Gasteiger partial charge in [0.25, 0.3) is 5.69 Å². The fraction of sp³-hybridized carbons (Fsp3) is 0.250. The van der Waals surface area contributed by atoms with Gasteiger partial charge in [-0.2, -0.15) is 0 Å². The summed E-state index contributed by atoms with van der Waals surface area (Å²) < 4.78 is 12.7. The molecule has 0 N–H and O–H groups in total. The summed E-state index contributed by atoms with van der Waals surface area (Å²) in [5, 5.41) is 10.5. The molecule has 1 rings (SSSR count). The number of halogens is 2. The van der Waals surface area contributed by atoms with Crippen molar-refractivity contribution >= 4 is 29.1 Å². The number of nitrogens with zero attached hydrogens (tertiary/aromatic N) is 1. The molecule has 0 saturated heterocycles. The molecule has 0 aliphatic rings. The van der Waals surface area contributed by atoms with E-state index >= 15 is 0 Å². The lowest BCUT2D eigenvalue weighted by Gasteiger charge is -2.00. The highest BCUT2D eigenvalue weighted by molar-refractivity contribution is 7.99. The Morgan fingerprint density at radius 1 is 1.57 bits per heavy atom. The zero-order valence-corrected chi connectivity index (χ0v) is 8.65. The summed E-state index contributed by atoms with van der Waals surface area (Å²) in [5.74, 6) is 0.361. The molecule has 0 aliphatic heterocycles. The lowest BCUT2D eigenvalue weighted by Crippen LogP contribution is -1.92. The number of nitro benzene ring substituents is 1. The summed E-state index contributed by atoms with van der Waals surface area (Å²) >= 11 is 6.69. The molecule has 0 radical (unpaired) electrons. The zero-order chi connectivity index (χ0) is 10.6. The molecule has 0 saturated carbocycles. The van der Waals surface area contributed by atoms with E-state index in [1.807, 2.05) is 0 Å².